The van der Waals surface area contributed by atoms with Gasteiger partial charge in [-0.25, -0.2) is 4.79 Å². The zero-order chi connectivity index (χ0) is 14.5. The number of nitrogen functional groups attached to an aromatic ring is 1. The summed E-state index contributed by atoms with van der Waals surface area (Å²) in [5, 5.41) is 0. The number of rotatable bonds is 4. The number of ether oxygens (including phenoxy) is 1. The number of benzene rings is 2. The lowest BCUT2D eigenvalue weighted by atomic mass is 10.0. The fourth-order valence-corrected chi connectivity index (χ4v) is 2.73. The Morgan fingerprint density at radius 1 is 1.25 bits per heavy atom. The highest BCUT2D eigenvalue weighted by molar-refractivity contribution is 7.98. The molecule has 0 aromatic heterocycles. The van der Waals surface area contributed by atoms with E-state index in [1.54, 1.807) is 24.8 Å². The lowest BCUT2D eigenvalue weighted by molar-refractivity contribution is 0.0526. The molecule has 0 unspecified atom stereocenters. The molecule has 0 aliphatic heterocycles. The van der Waals surface area contributed by atoms with E-state index >= 15 is 0 Å². The number of thioether (sulfide) groups is 1. The number of hydrogen-bond donors (Lipinski definition) is 1. The smallest absolute Gasteiger partial charge is 0.338 e. The average Bonchev–Trinajstić information content (AvgIpc) is 2.47. The summed E-state index contributed by atoms with van der Waals surface area (Å²) in [7, 11) is 0. The highest BCUT2D eigenvalue weighted by Gasteiger charge is 2.14. The van der Waals surface area contributed by atoms with E-state index in [4.69, 9.17) is 10.5 Å². The maximum Gasteiger partial charge on any atom is 0.338 e. The van der Waals surface area contributed by atoms with Gasteiger partial charge in [0.2, 0.25) is 0 Å². The summed E-state index contributed by atoms with van der Waals surface area (Å²) in [5.41, 5.74) is 9.24. The van der Waals surface area contributed by atoms with Gasteiger partial charge in [-0.3, -0.25) is 0 Å². The topological polar surface area (TPSA) is 52.3 Å². The molecule has 2 aromatic rings. The van der Waals surface area contributed by atoms with Crippen LogP contribution in [0.1, 0.15) is 17.3 Å². The van der Waals surface area contributed by atoms with Crippen LogP contribution in [-0.4, -0.2) is 18.8 Å². The largest absolute Gasteiger partial charge is 0.462 e. The predicted octanol–water partition coefficient (Wildman–Crippen LogP) is 3.83. The van der Waals surface area contributed by atoms with Crippen LogP contribution < -0.4 is 5.73 Å². The second-order valence-electron chi connectivity index (χ2n) is 4.23. The molecule has 0 bridgehead atoms. The van der Waals surface area contributed by atoms with E-state index in [0.717, 1.165) is 16.0 Å². The molecular formula is C16H17NO2S. The van der Waals surface area contributed by atoms with Gasteiger partial charge in [-0.05, 0) is 30.9 Å². The van der Waals surface area contributed by atoms with Crippen LogP contribution in [0, 0.1) is 0 Å². The number of carbonyl (C=O) groups is 1. The minimum absolute atomic E-state index is 0.339. The molecule has 0 amide bonds. The molecule has 0 spiro atoms. The van der Waals surface area contributed by atoms with Crippen LogP contribution in [0.3, 0.4) is 0 Å². The van der Waals surface area contributed by atoms with Crippen molar-refractivity contribution in [1.29, 1.82) is 0 Å². The van der Waals surface area contributed by atoms with Crippen LogP contribution in [0.4, 0.5) is 5.69 Å². The third-order valence-electron chi connectivity index (χ3n) is 2.93. The molecule has 3 nitrogen and oxygen atoms in total. The molecule has 2 N–H and O–H groups in total. The van der Waals surface area contributed by atoms with Crippen molar-refractivity contribution in [3.63, 3.8) is 0 Å². The molecule has 0 atom stereocenters. The normalized spacial score (nSPS) is 10.3. The Bertz CT molecular complexity index is 611. The summed E-state index contributed by atoms with van der Waals surface area (Å²) in [5.74, 6) is -0.339. The molecule has 2 rings (SSSR count). The number of nitrogens with two attached hydrogens (primary N) is 1. The SMILES string of the molecule is CCOC(=O)c1cc(N)c(-c2ccccc2)c(SC)c1. The Hall–Kier alpha value is -1.94. The van der Waals surface area contributed by atoms with E-state index in [1.807, 2.05) is 42.7 Å². The molecule has 0 saturated carbocycles. The summed E-state index contributed by atoms with van der Waals surface area (Å²) in [4.78, 5) is 12.8. The van der Waals surface area contributed by atoms with Gasteiger partial charge in [-0.2, -0.15) is 0 Å². The molecule has 0 fully saturated rings. The number of hydrogen-bond acceptors (Lipinski definition) is 4. The summed E-state index contributed by atoms with van der Waals surface area (Å²) >= 11 is 1.57. The summed E-state index contributed by atoms with van der Waals surface area (Å²) in [6.07, 6.45) is 1.97. The highest BCUT2D eigenvalue weighted by Crippen LogP contribution is 2.36. The maximum atomic E-state index is 11.8. The minimum atomic E-state index is -0.339. The molecule has 0 radical (unpaired) electrons. The first-order valence-corrected chi connectivity index (χ1v) is 7.60. The molecular weight excluding hydrogens is 270 g/mol. The first-order chi connectivity index (χ1) is 9.67. The lowest BCUT2D eigenvalue weighted by Gasteiger charge is -2.13. The van der Waals surface area contributed by atoms with Gasteiger partial charge in [0.15, 0.2) is 0 Å². The van der Waals surface area contributed by atoms with Crippen LogP contribution in [-0.2, 0) is 4.74 Å². The van der Waals surface area contributed by atoms with Gasteiger partial charge in [-0.1, -0.05) is 30.3 Å². The summed E-state index contributed by atoms with van der Waals surface area (Å²) in [6.45, 7) is 2.14. The van der Waals surface area contributed by atoms with Crippen LogP contribution >= 0.6 is 11.8 Å². The van der Waals surface area contributed by atoms with Gasteiger partial charge in [-0.15, -0.1) is 11.8 Å². The van der Waals surface area contributed by atoms with E-state index in [0.29, 0.717) is 17.9 Å². The van der Waals surface area contributed by atoms with Gasteiger partial charge >= 0.3 is 5.97 Å². The van der Waals surface area contributed by atoms with Crippen molar-refractivity contribution in [2.75, 3.05) is 18.6 Å². The molecule has 0 aliphatic carbocycles. The monoisotopic (exact) mass is 287 g/mol. The van der Waals surface area contributed by atoms with Crippen molar-refractivity contribution in [2.24, 2.45) is 0 Å². The van der Waals surface area contributed by atoms with E-state index in [1.165, 1.54) is 0 Å². The van der Waals surface area contributed by atoms with Crippen LogP contribution in [0.2, 0.25) is 0 Å². The second-order valence-corrected chi connectivity index (χ2v) is 5.08. The Morgan fingerprint density at radius 3 is 2.55 bits per heavy atom. The first-order valence-electron chi connectivity index (χ1n) is 6.37. The first kappa shape index (κ1) is 14.5. The van der Waals surface area contributed by atoms with Crippen LogP contribution in [0.5, 0.6) is 0 Å². The van der Waals surface area contributed by atoms with Crippen LogP contribution in [0.25, 0.3) is 11.1 Å². The predicted molar refractivity (Wildman–Crippen MR) is 84.0 cm³/mol. The number of anilines is 1. The Morgan fingerprint density at radius 2 is 1.95 bits per heavy atom. The van der Waals surface area contributed by atoms with Crippen molar-refractivity contribution in [2.45, 2.75) is 11.8 Å². The highest BCUT2D eigenvalue weighted by atomic mass is 32.2. The van der Waals surface area contributed by atoms with E-state index in [-0.39, 0.29) is 5.97 Å². The van der Waals surface area contributed by atoms with Gasteiger partial charge in [0.05, 0.1) is 12.2 Å². The van der Waals surface area contributed by atoms with Gasteiger partial charge in [0, 0.05) is 16.1 Å². The molecule has 2 aromatic carbocycles. The molecule has 104 valence electrons. The number of carbonyl (C=O) groups excluding carboxylic acids is 1. The van der Waals surface area contributed by atoms with E-state index in [2.05, 4.69) is 0 Å². The number of esters is 1. The van der Waals surface area contributed by atoms with Crippen molar-refractivity contribution >= 4 is 23.4 Å². The van der Waals surface area contributed by atoms with Crippen molar-refractivity contribution in [1.82, 2.24) is 0 Å². The Balaban J connectivity index is 2.52. The quantitative estimate of drug-likeness (QED) is 0.527. The molecule has 0 saturated heterocycles. The zero-order valence-corrected chi connectivity index (χ0v) is 12.4. The third kappa shape index (κ3) is 2.96. The zero-order valence-electron chi connectivity index (χ0n) is 11.6. The third-order valence-corrected chi connectivity index (χ3v) is 3.69. The standard InChI is InChI=1S/C16H17NO2S/c1-3-19-16(18)12-9-13(17)15(14(10-12)20-2)11-7-5-4-6-8-11/h4-10H,3,17H2,1-2H3. The van der Waals surface area contributed by atoms with Gasteiger partial charge < -0.3 is 10.5 Å². The Labute approximate surface area is 123 Å². The average molecular weight is 287 g/mol. The van der Waals surface area contributed by atoms with Crippen LogP contribution in [0.15, 0.2) is 47.4 Å². The fourth-order valence-electron chi connectivity index (χ4n) is 2.04. The molecule has 0 aliphatic rings. The lowest BCUT2D eigenvalue weighted by Crippen LogP contribution is -2.06. The van der Waals surface area contributed by atoms with Gasteiger partial charge in [0.25, 0.3) is 0 Å². The van der Waals surface area contributed by atoms with Gasteiger partial charge in [0.1, 0.15) is 0 Å². The molecule has 20 heavy (non-hydrogen) atoms. The summed E-state index contributed by atoms with van der Waals surface area (Å²) in [6, 6.07) is 13.4. The van der Waals surface area contributed by atoms with E-state index in [9.17, 15) is 4.79 Å². The second kappa shape index (κ2) is 6.48. The van der Waals surface area contributed by atoms with Crippen molar-refractivity contribution in [3.05, 3.63) is 48.0 Å². The molecule has 0 heterocycles. The minimum Gasteiger partial charge on any atom is -0.462 e. The fraction of sp³-hybridized carbons (Fsp3) is 0.188. The Kier molecular flexibility index (Phi) is 4.69. The van der Waals surface area contributed by atoms with E-state index < -0.39 is 0 Å². The molecule has 4 heteroatoms. The van der Waals surface area contributed by atoms with Crippen molar-refractivity contribution in [3.8, 4) is 11.1 Å². The van der Waals surface area contributed by atoms with Crippen molar-refractivity contribution < 1.29 is 9.53 Å². The summed E-state index contributed by atoms with van der Waals surface area (Å²) < 4.78 is 5.02. The maximum absolute atomic E-state index is 11.8.